The Bertz CT molecular complexity index is 163. The molecule has 0 aliphatic heterocycles. The average Bonchev–Trinajstić information content (AvgIpc) is 1.85. The minimum Gasteiger partial charge on any atom is -0.805 e. The minimum atomic E-state index is -3.11. The highest BCUT2D eigenvalue weighted by atomic mass is 16.8. The van der Waals surface area contributed by atoms with Gasteiger partial charge in [-0.2, -0.15) is 0 Å². The van der Waals surface area contributed by atoms with E-state index in [2.05, 4.69) is 4.74 Å². The number of hydrogen-bond acceptors (Lipinski definition) is 6. The summed E-state index contributed by atoms with van der Waals surface area (Å²) >= 11 is 0. The van der Waals surface area contributed by atoms with E-state index in [9.17, 15) is 15.0 Å². The number of hydrogen-bond donors (Lipinski definition) is 2. The van der Waals surface area contributed by atoms with Crippen LogP contribution in [0.4, 0.5) is 0 Å². The highest BCUT2D eigenvalue weighted by molar-refractivity contribution is 5.69. The van der Waals surface area contributed by atoms with Crippen LogP contribution in [-0.4, -0.2) is 34.4 Å². The van der Waals surface area contributed by atoms with Crippen molar-refractivity contribution in [2.45, 2.75) is 32.0 Å². The maximum Gasteiger partial charge on any atom is 0.122 e. The summed E-state index contributed by atoms with van der Waals surface area (Å²) in [6, 6.07) is 0. The third-order valence-corrected chi connectivity index (χ3v) is 1.21. The van der Waals surface area contributed by atoms with E-state index < -0.39 is 24.2 Å². The molecule has 0 amide bonds. The summed E-state index contributed by atoms with van der Waals surface area (Å²) in [6.45, 7) is 2.00. The quantitative estimate of drug-likeness (QED) is 0.432. The monoisotopic (exact) mass is 178 g/mol. The molecule has 0 spiro atoms. The average molecular weight is 178 g/mol. The zero-order valence-corrected chi connectivity index (χ0v) is 6.68. The Labute approximate surface area is 69.0 Å². The number of aliphatic hydroxyl groups excluding tert-OH is 1. The number of ether oxygens (including phenoxy) is 1. The third-order valence-electron chi connectivity index (χ3n) is 1.21. The van der Waals surface area contributed by atoms with E-state index in [1.54, 1.807) is 0 Å². The van der Waals surface area contributed by atoms with Gasteiger partial charge in [-0.15, -0.1) is 0 Å². The first-order valence-corrected chi connectivity index (χ1v) is 3.27. The normalized spacial score (nSPS) is 21.1. The summed E-state index contributed by atoms with van der Waals surface area (Å²) in [4.78, 5) is 10.0. The fourth-order valence-corrected chi connectivity index (χ4v) is 0.400. The summed E-state index contributed by atoms with van der Waals surface area (Å²) < 4.78 is 4.05. The fraction of sp³-hybridized carbons (Fsp3) is 0.833. The van der Waals surface area contributed by atoms with Gasteiger partial charge in [0.15, 0.2) is 0 Å². The number of carboxylic acids is 1. The van der Waals surface area contributed by atoms with Crippen molar-refractivity contribution >= 4 is 5.97 Å². The van der Waals surface area contributed by atoms with Crippen molar-refractivity contribution in [1.29, 1.82) is 0 Å². The lowest BCUT2D eigenvalue weighted by Crippen LogP contribution is -2.58. The van der Waals surface area contributed by atoms with E-state index >= 15 is 0 Å². The maximum absolute atomic E-state index is 10.7. The van der Waals surface area contributed by atoms with Crippen LogP contribution in [0.1, 0.15) is 13.8 Å². The van der Waals surface area contributed by atoms with Gasteiger partial charge in [0.05, 0.1) is 18.2 Å². The Hall–Kier alpha value is -0.690. The molecule has 0 heterocycles. The number of aliphatic hydroxyl groups is 2. The molecule has 6 nitrogen and oxygen atoms in total. The van der Waals surface area contributed by atoms with Crippen molar-refractivity contribution in [3.8, 4) is 0 Å². The molecule has 0 aliphatic rings. The van der Waals surface area contributed by atoms with Gasteiger partial charge in [-0.25, -0.2) is 0 Å². The van der Waals surface area contributed by atoms with Gasteiger partial charge in [0.2, 0.25) is 0 Å². The molecule has 72 valence electrons. The lowest BCUT2D eigenvalue weighted by molar-refractivity contribution is -0.645. The second kappa shape index (κ2) is 3.81. The van der Waals surface area contributed by atoms with Crippen molar-refractivity contribution < 1.29 is 30.0 Å². The zero-order chi connectivity index (χ0) is 9.94. The molecule has 0 fully saturated rings. The first kappa shape index (κ1) is 11.3. The van der Waals surface area contributed by atoms with Gasteiger partial charge in [0.25, 0.3) is 0 Å². The highest BCUT2D eigenvalue weighted by Gasteiger charge is 2.23. The summed E-state index contributed by atoms with van der Waals surface area (Å²) in [7, 11) is 0. The predicted molar refractivity (Wildman–Crippen MR) is 32.2 cm³/mol. The lowest BCUT2D eigenvalue weighted by atomic mass is 10.3. The number of aliphatic carboxylic acids is 1. The van der Waals surface area contributed by atoms with Crippen LogP contribution in [0.5, 0.6) is 0 Å². The van der Waals surface area contributed by atoms with Gasteiger partial charge in [-0.3, -0.25) is 0 Å². The zero-order valence-electron chi connectivity index (χ0n) is 6.68. The van der Waals surface area contributed by atoms with Crippen LogP contribution in [0.2, 0.25) is 0 Å². The van der Waals surface area contributed by atoms with Crippen LogP contribution in [0.25, 0.3) is 0 Å². The molecule has 0 bridgehead atoms. The summed E-state index contributed by atoms with van der Waals surface area (Å²) in [6.07, 6.45) is -3.29. The minimum absolute atomic E-state index is 0.981. The number of rotatable bonds is 4. The van der Waals surface area contributed by atoms with E-state index in [-0.39, 0.29) is 0 Å². The van der Waals surface area contributed by atoms with E-state index in [4.69, 9.17) is 10.2 Å². The Kier molecular flexibility index (Phi) is 3.59. The molecule has 0 rings (SSSR count). The Morgan fingerprint density at radius 1 is 1.58 bits per heavy atom. The predicted octanol–water partition coefficient (Wildman–Crippen LogP) is -3.47. The van der Waals surface area contributed by atoms with Crippen molar-refractivity contribution in [3.05, 3.63) is 0 Å². The second-order valence-electron chi connectivity index (χ2n) is 2.39. The lowest BCUT2D eigenvalue weighted by Gasteiger charge is -2.39. The molecule has 0 saturated carbocycles. The van der Waals surface area contributed by atoms with Crippen LogP contribution >= 0.6 is 0 Å². The topological polar surface area (TPSA) is 113 Å². The smallest absolute Gasteiger partial charge is 0.122 e. The molecule has 12 heavy (non-hydrogen) atoms. The molecule has 0 radical (unpaired) electrons. The van der Waals surface area contributed by atoms with Crippen LogP contribution in [0, 0.1) is 0 Å². The van der Waals surface area contributed by atoms with Crippen LogP contribution in [0.15, 0.2) is 0 Å². The molecule has 0 aromatic rings. The van der Waals surface area contributed by atoms with Crippen LogP contribution in [0.3, 0.4) is 0 Å². The van der Waals surface area contributed by atoms with Gasteiger partial charge in [-0.05, 0) is 13.8 Å². The van der Waals surface area contributed by atoms with Crippen LogP contribution in [-0.2, 0) is 9.53 Å². The number of carbonyl (C=O) groups is 1. The molecule has 3 atom stereocenters. The van der Waals surface area contributed by atoms with Gasteiger partial charge >= 0.3 is 0 Å². The molecule has 0 aromatic heterocycles. The van der Waals surface area contributed by atoms with Crippen LogP contribution < -0.4 is 10.2 Å². The third kappa shape index (κ3) is 3.14. The highest BCUT2D eigenvalue weighted by Crippen LogP contribution is 2.07. The molecule has 0 aromatic carbocycles. The molecule has 6 heteroatoms. The molecular formula is C6H10O6-2. The summed E-state index contributed by atoms with van der Waals surface area (Å²) in [5, 5.41) is 38.0. The molecule has 0 saturated heterocycles. The standard InChI is InChI=1S/C6H11O6/c1-3(5(8)9)12-6(10,11)4(2)7/h3-4,7,10H,1-2H3,(H,8,9)/q-1/p-1. The van der Waals surface area contributed by atoms with Crippen molar-refractivity contribution in [3.63, 3.8) is 0 Å². The van der Waals surface area contributed by atoms with Gasteiger partial charge in [0, 0.05) is 0 Å². The fourth-order valence-electron chi connectivity index (χ4n) is 0.400. The SMILES string of the molecule is CC(OC([O-])(O)C(C)O)C(=O)[O-]. The van der Waals surface area contributed by atoms with E-state index in [1.165, 1.54) is 0 Å². The van der Waals surface area contributed by atoms with Gasteiger partial charge in [-0.1, -0.05) is 0 Å². The number of carbonyl (C=O) groups excluding carboxylic acids is 1. The molecule has 0 aliphatic carbocycles. The molecule has 3 unspecified atom stereocenters. The Morgan fingerprint density at radius 2 is 2.00 bits per heavy atom. The molecule has 2 N–H and O–H groups in total. The van der Waals surface area contributed by atoms with Crippen molar-refractivity contribution in [2.75, 3.05) is 0 Å². The van der Waals surface area contributed by atoms with Gasteiger partial charge < -0.3 is 30.0 Å². The first-order valence-electron chi connectivity index (χ1n) is 3.27. The van der Waals surface area contributed by atoms with E-state index in [0.717, 1.165) is 13.8 Å². The Balaban J connectivity index is 4.15. The number of carboxylic acid groups (broad SMARTS) is 1. The van der Waals surface area contributed by atoms with Crippen molar-refractivity contribution in [2.24, 2.45) is 0 Å². The van der Waals surface area contributed by atoms with Gasteiger partial charge in [0.1, 0.15) is 5.97 Å². The van der Waals surface area contributed by atoms with E-state index in [0.29, 0.717) is 0 Å². The molecular weight excluding hydrogens is 168 g/mol. The summed E-state index contributed by atoms with van der Waals surface area (Å²) in [5.41, 5.74) is 0. The van der Waals surface area contributed by atoms with Crippen molar-refractivity contribution in [1.82, 2.24) is 0 Å². The largest absolute Gasteiger partial charge is 0.805 e. The summed E-state index contributed by atoms with van der Waals surface area (Å²) in [5.74, 6) is -4.75. The Morgan fingerprint density at radius 3 is 2.25 bits per heavy atom. The first-order chi connectivity index (χ1) is 5.27. The van der Waals surface area contributed by atoms with E-state index in [1.807, 2.05) is 0 Å². The maximum atomic E-state index is 10.7. The second-order valence-corrected chi connectivity index (χ2v) is 2.39.